The molecule has 1 heterocycles. The normalized spacial score (nSPS) is 20.8. The molecule has 3 rings (SSSR count). The van der Waals surface area contributed by atoms with Crippen molar-refractivity contribution in [3.05, 3.63) is 65.5 Å². The summed E-state index contributed by atoms with van der Waals surface area (Å²) in [6.07, 6.45) is 1.95. The van der Waals surface area contributed by atoms with Gasteiger partial charge in [0.05, 0.1) is 12.9 Å². The van der Waals surface area contributed by atoms with E-state index in [1.165, 1.54) is 12.1 Å². The van der Waals surface area contributed by atoms with Gasteiger partial charge in [-0.25, -0.2) is 17.5 Å². The molecule has 0 amide bonds. The summed E-state index contributed by atoms with van der Waals surface area (Å²) in [5.74, 6) is 0.0865. The summed E-state index contributed by atoms with van der Waals surface area (Å²) in [6, 6.07) is 14.0. The lowest BCUT2D eigenvalue weighted by Gasteiger charge is -2.39. The highest BCUT2D eigenvalue weighted by Gasteiger charge is 2.31. The number of hydrogen-bond donors (Lipinski definition) is 1. The van der Waals surface area contributed by atoms with Crippen LogP contribution in [0.2, 0.25) is 0 Å². The first-order valence-corrected chi connectivity index (χ1v) is 11.1. The molecule has 2 unspecified atom stereocenters. The van der Waals surface area contributed by atoms with Crippen molar-refractivity contribution >= 4 is 10.0 Å². The number of hydrogen-bond acceptors (Lipinski definition) is 4. The third-order valence-electron chi connectivity index (χ3n) is 5.33. The topological polar surface area (TPSA) is 58.6 Å². The molecule has 0 saturated carbocycles. The number of piperidine rings is 1. The van der Waals surface area contributed by atoms with E-state index in [0.29, 0.717) is 6.54 Å². The minimum Gasteiger partial charge on any atom is -0.497 e. The number of halogens is 1. The molecule has 28 heavy (non-hydrogen) atoms. The van der Waals surface area contributed by atoms with Crippen molar-refractivity contribution in [2.24, 2.45) is 5.92 Å². The molecule has 1 saturated heterocycles. The van der Waals surface area contributed by atoms with Crippen molar-refractivity contribution in [1.29, 1.82) is 0 Å². The van der Waals surface area contributed by atoms with E-state index >= 15 is 0 Å². The van der Waals surface area contributed by atoms with E-state index in [-0.39, 0.29) is 23.3 Å². The summed E-state index contributed by atoms with van der Waals surface area (Å²) in [7, 11) is 0.0794. The smallest absolute Gasteiger partial charge is 0.215 e. The van der Waals surface area contributed by atoms with Gasteiger partial charge in [-0.1, -0.05) is 30.3 Å². The Bertz CT molecular complexity index is 887. The zero-order valence-corrected chi connectivity index (χ0v) is 17.1. The van der Waals surface area contributed by atoms with Crippen LogP contribution in [0.5, 0.6) is 5.75 Å². The predicted octanol–water partition coefficient (Wildman–Crippen LogP) is 3.34. The van der Waals surface area contributed by atoms with Gasteiger partial charge in [0.2, 0.25) is 10.0 Å². The van der Waals surface area contributed by atoms with Crippen LogP contribution in [0.3, 0.4) is 0 Å². The van der Waals surface area contributed by atoms with Gasteiger partial charge in [0, 0.05) is 18.2 Å². The van der Waals surface area contributed by atoms with Crippen LogP contribution < -0.4 is 9.46 Å². The van der Waals surface area contributed by atoms with Crippen molar-refractivity contribution in [3.8, 4) is 5.75 Å². The van der Waals surface area contributed by atoms with Crippen LogP contribution in [0, 0.1) is 11.7 Å². The van der Waals surface area contributed by atoms with E-state index < -0.39 is 15.8 Å². The van der Waals surface area contributed by atoms with Crippen LogP contribution in [0.15, 0.2) is 48.5 Å². The molecule has 5 nitrogen and oxygen atoms in total. The lowest BCUT2D eigenvalue weighted by molar-refractivity contribution is 0.123. The quantitative estimate of drug-likeness (QED) is 0.766. The highest BCUT2D eigenvalue weighted by molar-refractivity contribution is 7.88. The zero-order valence-electron chi connectivity index (χ0n) is 16.3. The van der Waals surface area contributed by atoms with Crippen molar-refractivity contribution in [1.82, 2.24) is 9.62 Å². The summed E-state index contributed by atoms with van der Waals surface area (Å²) >= 11 is 0. The molecule has 1 aliphatic heterocycles. The maximum atomic E-state index is 13.8. The van der Waals surface area contributed by atoms with Gasteiger partial charge in [-0.3, -0.25) is 4.90 Å². The van der Waals surface area contributed by atoms with E-state index in [4.69, 9.17) is 4.74 Å². The second-order valence-corrected chi connectivity index (χ2v) is 9.11. The van der Waals surface area contributed by atoms with Crippen LogP contribution in [-0.2, 0) is 15.8 Å². The summed E-state index contributed by atoms with van der Waals surface area (Å²) in [6.45, 7) is 1.30. The van der Waals surface area contributed by atoms with E-state index in [9.17, 15) is 12.8 Å². The van der Waals surface area contributed by atoms with Gasteiger partial charge in [-0.2, -0.15) is 0 Å². The number of rotatable bonds is 7. The summed E-state index contributed by atoms with van der Waals surface area (Å²) in [5.41, 5.74) is 1.32. The molecular weight excluding hydrogens is 379 g/mol. The van der Waals surface area contributed by atoms with Gasteiger partial charge in [-0.15, -0.1) is 0 Å². The number of ether oxygens (including phenoxy) is 1. The molecule has 0 aliphatic carbocycles. The molecule has 1 fully saturated rings. The summed E-state index contributed by atoms with van der Waals surface area (Å²) < 4.78 is 46.7. The fourth-order valence-corrected chi connectivity index (χ4v) is 5.12. The first-order chi connectivity index (χ1) is 13.4. The Labute approximate surface area is 166 Å². The Balaban J connectivity index is 1.70. The first kappa shape index (κ1) is 20.8. The molecule has 1 aliphatic rings. The summed E-state index contributed by atoms with van der Waals surface area (Å²) in [5, 5.41) is 0. The molecule has 2 aromatic carbocycles. The van der Waals surface area contributed by atoms with Crippen LogP contribution in [0.25, 0.3) is 0 Å². The Kier molecular flexibility index (Phi) is 6.69. The van der Waals surface area contributed by atoms with Crippen LogP contribution in [0.1, 0.15) is 30.0 Å². The number of likely N-dealkylation sites (tertiary alicyclic amines) is 1. The average Bonchev–Trinajstić information content (AvgIpc) is 2.68. The summed E-state index contributed by atoms with van der Waals surface area (Å²) in [4.78, 5) is 2.27. The minimum absolute atomic E-state index is 0.121. The third-order valence-corrected chi connectivity index (χ3v) is 6.63. The number of benzene rings is 2. The number of methoxy groups -OCH3 is 1. The van der Waals surface area contributed by atoms with E-state index in [1.807, 2.05) is 24.3 Å². The molecule has 0 spiro atoms. The van der Waals surface area contributed by atoms with Gasteiger partial charge in [0.25, 0.3) is 0 Å². The second kappa shape index (κ2) is 9.03. The maximum Gasteiger partial charge on any atom is 0.215 e. The van der Waals surface area contributed by atoms with E-state index in [1.54, 1.807) is 19.2 Å². The molecule has 0 radical (unpaired) electrons. The molecular formula is C21H27FN2O3S. The minimum atomic E-state index is -3.62. The standard InChI is InChI=1S/C21H27FN2O3S/c1-24-13-5-7-17(21(24)16-9-11-19(27-2)12-10-16)14-23-28(25,26)15-18-6-3-4-8-20(18)22/h3-4,6,8-12,17,21,23H,5,7,13-15H2,1-2H3. The van der Waals surface area contributed by atoms with Crippen LogP contribution in [-0.4, -0.2) is 40.6 Å². The van der Waals surface area contributed by atoms with Crippen molar-refractivity contribution in [2.45, 2.75) is 24.6 Å². The third kappa shape index (κ3) is 5.10. The Hall–Kier alpha value is -1.96. The molecule has 2 aromatic rings. The van der Waals surface area contributed by atoms with E-state index in [0.717, 1.165) is 30.7 Å². The Morgan fingerprint density at radius 1 is 1.18 bits per heavy atom. The van der Waals surface area contributed by atoms with Crippen LogP contribution >= 0.6 is 0 Å². The number of sulfonamides is 1. The highest BCUT2D eigenvalue weighted by atomic mass is 32.2. The van der Waals surface area contributed by atoms with Crippen molar-refractivity contribution in [3.63, 3.8) is 0 Å². The van der Waals surface area contributed by atoms with Gasteiger partial charge < -0.3 is 4.74 Å². The maximum absolute atomic E-state index is 13.8. The fourth-order valence-electron chi connectivity index (χ4n) is 3.91. The lowest BCUT2D eigenvalue weighted by Crippen LogP contribution is -2.42. The molecule has 2 atom stereocenters. The zero-order chi connectivity index (χ0) is 20.1. The molecule has 0 aromatic heterocycles. The molecule has 1 N–H and O–H groups in total. The monoisotopic (exact) mass is 406 g/mol. The Morgan fingerprint density at radius 2 is 1.89 bits per heavy atom. The van der Waals surface area contributed by atoms with Crippen molar-refractivity contribution in [2.75, 3.05) is 27.2 Å². The SMILES string of the molecule is COc1ccc(C2C(CNS(=O)(=O)Cc3ccccc3F)CCCN2C)cc1. The molecule has 152 valence electrons. The first-order valence-electron chi connectivity index (χ1n) is 9.44. The van der Waals surface area contributed by atoms with Gasteiger partial charge in [-0.05, 0) is 56.1 Å². The number of nitrogens with zero attached hydrogens (tertiary/aromatic N) is 1. The van der Waals surface area contributed by atoms with Gasteiger partial charge >= 0.3 is 0 Å². The average molecular weight is 407 g/mol. The largest absolute Gasteiger partial charge is 0.497 e. The van der Waals surface area contributed by atoms with Gasteiger partial charge in [0.15, 0.2) is 0 Å². The van der Waals surface area contributed by atoms with E-state index in [2.05, 4.69) is 16.7 Å². The lowest BCUT2D eigenvalue weighted by atomic mass is 9.85. The molecule has 0 bridgehead atoms. The fraction of sp³-hybridized carbons (Fsp3) is 0.429. The second-order valence-electron chi connectivity index (χ2n) is 7.30. The van der Waals surface area contributed by atoms with Crippen LogP contribution in [0.4, 0.5) is 4.39 Å². The highest BCUT2D eigenvalue weighted by Crippen LogP contribution is 2.35. The Morgan fingerprint density at radius 3 is 2.57 bits per heavy atom. The predicted molar refractivity (Wildman–Crippen MR) is 108 cm³/mol. The van der Waals surface area contributed by atoms with Crippen molar-refractivity contribution < 1.29 is 17.5 Å². The molecule has 7 heteroatoms. The van der Waals surface area contributed by atoms with Gasteiger partial charge in [0.1, 0.15) is 11.6 Å². The number of nitrogens with one attached hydrogen (secondary N) is 1.